The van der Waals surface area contributed by atoms with Crippen LogP contribution in [-0.2, 0) is 34.0 Å². The van der Waals surface area contributed by atoms with Crippen molar-refractivity contribution in [2.45, 2.75) is 49.0 Å². The zero-order chi connectivity index (χ0) is 48.2. The fraction of sp³-hybridized carbons (Fsp3) is 0.152. The van der Waals surface area contributed by atoms with Crippen molar-refractivity contribution in [2.24, 2.45) is 4.99 Å². The van der Waals surface area contributed by atoms with E-state index in [9.17, 15) is 25.3 Å². The molecule has 0 atom stereocenters. The average molecular weight is 971 g/mol. The summed E-state index contributed by atoms with van der Waals surface area (Å²) in [6, 6.07) is 28.1. The van der Waals surface area contributed by atoms with E-state index >= 15 is 26.3 Å². The Morgan fingerprint density at radius 3 is 1.86 bits per heavy atom. The molecule has 0 fully saturated rings. The summed E-state index contributed by atoms with van der Waals surface area (Å²) in [5.74, 6) is -8.38. The largest absolute Gasteiger partial charge is 0.456 e. The molecule has 0 unspecified atom stereocenters. The van der Waals surface area contributed by atoms with Crippen molar-refractivity contribution >= 4 is 64.5 Å². The Hall–Kier alpha value is -6.48. The van der Waals surface area contributed by atoms with Crippen molar-refractivity contribution < 1.29 is 63.8 Å². The summed E-state index contributed by atoms with van der Waals surface area (Å²) in [7, 11) is -21.1. The van der Waals surface area contributed by atoms with Crippen molar-refractivity contribution in [3.05, 3.63) is 161 Å². The van der Waals surface area contributed by atoms with Crippen molar-refractivity contribution in [3.8, 4) is 28.2 Å². The van der Waals surface area contributed by atoms with Gasteiger partial charge in [-0.3, -0.25) is 0 Å². The van der Waals surface area contributed by atoms with E-state index in [4.69, 9.17) is 9.41 Å². The number of fused-ring (bicyclic) bond motifs is 2. The van der Waals surface area contributed by atoms with Crippen LogP contribution in [0.1, 0.15) is 27.8 Å². The number of para-hydroxylation sites is 2. The maximum Gasteiger partial charge on any atom is 0.450 e. The first-order valence-electron chi connectivity index (χ1n) is 19.4. The third kappa shape index (κ3) is 8.44. The molecule has 0 aromatic heterocycles. The second kappa shape index (κ2) is 17.1. The number of rotatable bonds is 14. The van der Waals surface area contributed by atoms with E-state index in [0.717, 1.165) is 52.2 Å². The predicted octanol–water partition coefficient (Wildman–Crippen LogP) is 11.3. The number of aryl methyl sites for hydroxylation is 4. The summed E-state index contributed by atoms with van der Waals surface area (Å²) in [6.45, 7) is 10.9. The van der Waals surface area contributed by atoms with Crippen molar-refractivity contribution in [1.29, 1.82) is 0 Å². The molecule has 0 saturated carbocycles. The lowest BCUT2D eigenvalue weighted by molar-refractivity contribution is -0.246. The van der Waals surface area contributed by atoms with Gasteiger partial charge in [-0.05, 0) is 98.0 Å². The molecule has 11 nitrogen and oxygen atoms in total. The molecule has 0 spiro atoms. The molecule has 344 valence electrons. The van der Waals surface area contributed by atoms with Crippen molar-refractivity contribution in [1.82, 2.24) is 0 Å². The van der Waals surface area contributed by atoms with E-state index in [0.29, 0.717) is 34.9 Å². The molecular weight excluding hydrogens is 935 g/mol. The molecule has 5 aromatic carbocycles. The lowest BCUT2D eigenvalue weighted by Crippen LogP contribution is -2.61. The molecule has 1 aliphatic carbocycles. The highest BCUT2D eigenvalue weighted by molar-refractivity contribution is 8.00. The molecule has 0 bridgehead atoms. The van der Waals surface area contributed by atoms with E-state index in [1.165, 1.54) is 30.3 Å². The van der Waals surface area contributed by atoms with Gasteiger partial charge in [0.05, 0.1) is 11.0 Å². The minimum absolute atomic E-state index is 0.0170. The highest BCUT2D eigenvalue weighted by atomic mass is 32.3. The van der Waals surface area contributed by atoms with E-state index < -0.39 is 63.0 Å². The van der Waals surface area contributed by atoms with Crippen LogP contribution in [0, 0.1) is 27.7 Å². The molecule has 7 rings (SSSR count). The van der Waals surface area contributed by atoms with Crippen LogP contribution in [0.4, 0.5) is 43.4 Å². The molecule has 1 N–H and O–H groups in total. The van der Waals surface area contributed by atoms with Gasteiger partial charge in [0.25, 0.3) is 0 Å². The number of benzene rings is 6. The van der Waals surface area contributed by atoms with Gasteiger partial charge in [-0.25, -0.2) is 4.99 Å². The molecule has 1 heterocycles. The summed E-state index contributed by atoms with van der Waals surface area (Å²) >= 11 is 0. The highest BCUT2D eigenvalue weighted by Gasteiger charge is 2.84. The quantitative estimate of drug-likeness (QED) is 0.0631. The second-order valence-electron chi connectivity index (χ2n) is 15.0. The smallest absolute Gasteiger partial charge is 0.450 e. The SMILES string of the molecule is C=Cc1ccc(OS(=O)(=O)C(F)(F)C(F)(F)C(F)(F)S(=O)(=O)OS(=O)(=O)c2ccccc2-c2c3cc/c(=N\c4c(C)cccc4C)cc-3oc3cc(Nc4c(C)cccc4C)ccc23)cc1. The summed E-state index contributed by atoms with van der Waals surface area (Å²) in [5.41, 5.74) is 5.49. The first kappa shape index (κ1) is 47.5. The van der Waals surface area contributed by atoms with E-state index in [-0.39, 0.29) is 33.4 Å². The summed E-state index contributed by atoms with van der Waals surface area (Å²) in [5, 5.41) is -10.4. The molecule has 0 radical (unpaired) electrons. The van der Waals surface area contributed by atoms with Gasteiger partial charge in [0.2, 0.25) is 0 Å². The molecule has 5 aromatic rings. The van der Waals surface area contributed by atoms with Crippen LogP contribution < -0.4 is 14.9 Å². The monoisotopic (exact) mass is 970 g/mol. The number of hydrogen-bond donors (Lipinski definition) is 1. The van der Waals surface area contributed by atoms with Gasteiger partial charge in [-0.1, -0.05) is 79.4 Å². The van der Waals surface area contributed by atoms with Crippen LogP contribution in [0.25, 0.3) is 39.5 Å². The molecule has 0 amide bonds. The minimum Gasteiger partial charge on any atom is -0.456 e. The van der Waals surface area contributed by atoms with Gasteiger partial charge in [0.1, 0.15) is 22.0 Å². The Morgan fingerprint density at radius 1 is 0.652 bits per heavy atom. The van der Waals surface area contributed by atoms with Crippen LogP contribution in [0.15, 0.2) is 142 Å². The van der Waals surface area contributed by atoms with Gasteiger partial charge in [0.15, 0.2) is 0 Å². The van der Waals surface area contributed by atoms with Gasteiger partial charge in [0, 0.05) is 45.6 Å². The van der Waals surface area contributed by atoms with Crippen LogP contribution in [0.5, 0.6) is 5.75 Å². The summed E-state index contributed by atoms with van der Waals surface area (Å²) in [6.07, 6.45) is 1.22. The number of anilines is 2. The van der Waals surface area contributed by atoms with Crippen LogP contribution in [0.2, 0.25) is 0 Å². The molecular formula is C46H36F6N2O9S3. The summed E-state index contributed by atoms with van der Waals surface area (Å²) in [4.78, 5) is 3.58. The third-order valence-corrected chi connectivity index (χ3v) is 14.9. The Balaban J connectivity index is 1.35. The zero-order valence-corrected chi connectivity index (χ0v) is 37.4. The van der Waals surface area contributed by atoms with Gasteiger partial charge in [-0.2, -0.15) is 51.6 Å². The maximum atomic E-state index is 15.5. The second-order valence-corrected chi connectivity index (χ2v) is 19.9. The van der Waals surface area contributed by atoms with Crippen LogP contribution >= 0.6 is 0 Å². The predicted molar refractivity (Wildman–Crippen MR) is 237 cm³/mol. The maximum absolute atomic E-state index is 15.5. The van der Waals surface area contributed by atoms with E-state index in [2.05, 4.69) is 19.7 Å². The fourth-order valence-electron chi connectivity index (χ4n) is 6.99. The lowest BCUT2D eigenvalue weighted by atomic mass is 9.93. The zero-order valence-electron chi connectivity index (χ0n) is 34.9. The normalized spacial score (nSPS) is 13.3. The molecule has 2 aliphatic rings. The van der Waals surface area contributed by atoms with Gasteiger partial charge < -0.3 is 13.9 Å². The highest BCUT2D eigenvalue weighted by Crippen LogP contribution is 2.52. The Bertz CT molecular complexity index is 3410. The minimum atomic E-state index is -7.74. The summed E-state index contributed by atoms with van der Waals surface area (Å²) < 4.78 is 184. The first-order valence-corrected chi connectivity index (χ1v) is 23.6. The van der Waals surface area contributed by atoms with Gasteiger partial charge in [-0.15, -0.1) is 3.63 Å². The topological polar surface area (TPSA) is 158 Å². The van der Waals surface area contributed by atoms with Crippen LogP contribution in [-0.4, -0.2) is 41.7 Å². The molecule has 66 heavy (non-hydrogen) atoms. The number of nitrogens with zero attached hydrogens (tertiary/aromatic N) is 1. The molecule has 20 heteroatoms. The third-order valence-electron chi connectivity index (χ3n) is 10.4. The Labute approximate surface area is 375 Å². The lowest BCUT2D eigenvalue weighted by Gasteiger charge is -2.30. The number of nitrogens with one attached hydrogen (secondary N) is 1. The molecule has 1 aliphatic heterocycles. The van der Waals surface area contributed by atoms with Crippen molar-refractivity contribution in [3.63, 3.8) is 0 Å². The van der Waals surface area contributed by atoms with E-state index in [1.807, 2.05) is 64.1 Å². The van der Waals surface area contributed by atoms with Gasteiger partial charge >= 0.3 is 46.8 Å². The number of hydrogen-bond acceptors (Lipinski definition) is 11. The van der Waals surface area contributed by atoms with Crippen molar-refractivity contribution in [2.75, 3.05) is 5.32 Å². The Morgan fingerprint density at radius 2 is 1.24 bits per heavy atom. The average Bonchev–Trinajstić information content (AvgIpc) is 3.25. The van der Waals surface area contributed by atoms with E-state index in [1.54, 1.807) is 18.2 Å². The number of halogens is 6. The first-order chi connectivity index (χ1) is 30.8. The number of alkyl halides is 6. The Kier molecular flexibility index (Phi) is 12.3. The molecule has 0 saturated heterocycles. The van der Waals surface area contributed by atoms with Crippen LogP contribution in [0.3, 0.4) is 0 Å². The fourth-order valence-corrected chi connectivity index (χ4v) is 10.7. The standard InChI is InChI=1S/C46H36F6N2O9S3/c1-6-31-17-21-34(22-18-31)62-65(57,58)45(49,50)44(47,48)46(51,52)66(59,60)63-64(55,56)40-16-8-7-15-37(40)41-35-23-19-32(53-42-27(2)11-9-12-28(42)3)25-38(35)61-39-26-33(20-24-36(39)41)54-43-29(4)13-10-14-30(43)5/h6-26,53H,1H2,2-5H3/b54-33+.